The number of halogens is 4. The molecule has 0 saturated carbocycles. The van der Waals surface area contributed by atoms with Crippen molar-refractivity contribution < 1.29 is 18.0 Å². The van der Waals surface area contributed by atoms with Gasteiger partial charge in [0.1, 0.15) is 0 Å². The van der Waals surface area contributed by atoms with Crippen LogP contribution in [0, 0.1) is 17.5 Å². The predicted octanol–water partition coefficient (Wildman–Crippen LogP) is 4.42. The van der Waals surface area contributed by atoms with Gasteiger partial charge in [-0.15, -0.1) is 0 Å². The van der Waals surface area contributed by atoms with Crippen LogP contribution >= 0.6 is 11.6 Å². The molecule has 2 aromatic rings. The number of nitrogens with one attached hydrogen (secondary N) is 1. The molecule has 0 bridgehead atoms. The van der Waals surface area contributed by atoms with E-state index in [-0.39, 0.29) is 0 Å². The lowest BCUT2D eigenvalue weighted by Gasteiger charge is -2.27. The molecule has 0 atom stereocenters. The van der Waals surface area contributed by atoms with E-state index in [1.54, 1.807) is 38.1 Å². The third-order valence-corrected chi connectivity index (χ3v) is 3.52. The summed E-state index contributed by atoms with van der Waals surface area (Å²) in [5.41, 5.74) is -0.673. The van der Waals surface area contributed by atoms with Crippen LogP contribution in [0.5, 0.6) is 0 Å². The van der Waals surface area contributed by atoms with E-state index in [4.69, 9.17) is 11.6 Å². The summed E-state index contributed by atoms with van der Waals surface area (Å²) in [4.78, 5) is 12.1. The second-order valence-electron chi connectivity index (χ2n) is 5.31. The van der Waals surface area contributed by atoms with Gasteiger partial charge in [0.15, 0.2) is 17.5 Å². The fourth-order valence-electron chi connectivity index (χ4n) is 1.99. The minimum absolute atomic E-state index is 0.539. The number of carbonyl (C=O) groups is 1. The van der Waals surface area contributed by atoms with Gasteiger partial charge >= 0.3 is 0 Å². The lowest BCUT2D eigenvalue weighted by Crippen LogP contribution is -2.41. The Balaban J connectivity index is 2.28. The molecular formula is C16H13ClF3NO. The summed E-state index contributed by atoms with van der Waals surface area (Å²) in [6, 6.07) is 8.35. The van der Waals surface area contributed by atoms with Crippen LogP contribution in [0.2, 0.25) is 5.02 Å². The molecule has 0 aliphatic rings. The molecule has 0 radical (unpaired) electrons. The van der Waals surface area contributed by atoms with Gasteiger partial charge in [-0.05, 0) is 43.7 Å². The Labute approximate surface area is 130 Å². The van der Waals surface area contributed by atoms with Crippen molar-refractivity contribution in [3.63, 3.8) is 0 Å². The quantitative estimate of drug-likeness (QED) is 0.831. The van der Waals surface area contributed by atoms with E-state index in [0.717, 1.165) is 11.6 Å². The minimum Gasteiger partial charge on any atom is -0.343 e. The maximum absolute atomic E-state index is 13.7. The molecule has 0 saturated heterocycles. The molecule has 116 valence electrons. The first-order valence-electron chi connectivity index (χ1n) is 6.44. The van der Waals surface area contributed by atoms with Crippen LogP contribution in [-0.4, -0.2) is 5.91 Å². The monoisotopic (exact) mass is 327 g/mol. The smallest absolute Gasteiger partial charge is 0.255 e. The van der Waals surface area contributed by atoms with Gasteiger partial charge < -0.3 is 5.32 Å². The van der Waals surface area contributed by atoms with Crippen LogP contribution in [0.25, 0.3) is 0 Å². The van der Waals surface area contributed by atoms with Crippen molar-refractivity contribution in [2.45, 2.75) is 19.4 Å². The zero-order valence-electron chi connectivity index (χ0n) is 11.9. The molecule has 6 heteroatoms. The van der Waals surface area contributed by atoms with Gasteiger partial charge in [-0.3, -0.25) is 4.79 Å². The number of benzene rings is 2. The van der Waals surface area contributed by atoms with Crippen LogP contribution < -0.4 is 5.32 Å². The molecule has 1 amide bonds. The summed E-state index contributed by atoms with van der Waals surface area (Å²) >= 11 is 5.80. The van der Waals surface area contributed by atoms with E-state index in [1.807, 2.05) is 0 Å². The van der Waals surface area contributed by atoms with Gasteiger partial charge in [-0.25, -0.2) is 13.2 Å². The molecular weight excluding hydrogens is 315 g/mol. The van der Waals surface area contributed by atoms with E-state index < -0.39 is 34.5 Å². The Bertz CT molecular complexity index is 714. The van der Waals surface area contributed by atoms with Crippen LogP contribution in [0.15, 0.2) is 36.4 Å². The van der Waals surface area contributed by atoms with Crippen molar-refractivity contribution in [3.8, 4) is 0 Å². The Kier molecular flexibility index (Phi) is 4.47. The number of rotatable bonds is 3. The summed E-state index contributed by atoms with van der Waals surface area (Å²) in [5, 5.41) is 3.12. The number of carbonyl (C=O) groups excluding carboxylic acids is 1. The highest BCUT2D eigenvalue weighted by Gasteiger charge is 2.26. The van der Waals surface area contributed by atoms with E-state index in [2.05, 4.69) is 5.32 Å². The fraction of sp³-hybridized carbons (Fsp3) is 0.188. The molecule has 0 unspecified atom stereocenters. The first kappa shape index (κ1) is 16.4. The van der Waals surface area contributed by atoms with Crippen LogP contribution in [0.3, 0.4) is 0 Å². The molecule has 2 rings (SSSR count). The maximum Gasteiger partial charge on any atom is 0.255 e. The van der Waals surface area contributed by atoms with Gasteiger partial charge in [0.05, 0.1) is 11.1 Å². The molecule has 1 N–H and O–H groups in total. The van der Waals surface area contributed by atoms with E-state index in [9.17, 15) is 18.0 Å². The normalized spacial score (nSPS) is 11.4. The Morgan fingerprint density at radius 1 is 1.00 bits per heavy atom. The largest absolute Gasteiger partial charge is 0.343 e. The lowest BCUT2D eigenvalue weighted by molar-refractivity contribution is 0.0906. The standard InChI is InChI=1S/C16H13ClF3NO/c1-16(2,9-3-5-10(17)6-4-9)21-15(22)11-7-8-12(18)14(20)13(11)19/h3-8H,1-2H3,(H,21,22). The molecule has 0 aliphatic heterocycles. The highest BCUT2D eigenvalue weighted by atomic mass is 35.5. The van der Waals surface area contributed by atoms with Crippen molar-refractivity contribution in [1.82, 2.24) is 5.32 Å². The van der Waals surface area contributed by atoms with Crippen LogP contribution in [-0.2, 0) is 5.54 Å². The summed E-state index contributed by atoms with van der Waals surface area (Å²) < 4.78 is 39.8. The molecule has 22 heavy (non-hydrogen) atoms. The molecule has 0 fully saturated rings. The molecule has 0 aromatic heterocycles. The molecule has 2 aromatic carbocycles. The van der Waals surface area contributed by atoms with Crippen molar-refractivity contribution in [3.05, 3.63) is 70.0 Å². The van der Waals surface area contributed by atoms with E-state index >= 15 is 0 Å². The average molecular weight is 328 g/mol. The number of hydrogen-bond donors (Lipinski definition) is 1. The average Bonchev–Trinajstić information content (AvgIpc) is 2.44. The molecule has 2 nitrogen and oxygen atoms in total. The number of hydrogen-bond acceptors (Lipinski definition) is 1. The van der Waals surface area contributed by atoms with E-state index in [1.165, 1.54) is 0 Å². The van der Waals surface area contributed by atoms with Crippen molar-refractivity contribution in [1.29, 1.82) is 0 Å². The second-order valence-corrected chi connectivity index (χ2v) is 5.75. The van der Waals surface area contributed by atoms with Crippen LogP contribution in [0.1, 0.15) is 29.8 Å². The first-order chi connectivity index (χ1) is 10.2. The van der Waals surface area contributed by atoms with E-state index in [0.29, 0.717) is 11.1 Å². The zero-order chi connectivity index (χ0) is 16.5. The highest BCUT2D eigenvalue weighted by Crippen LogP contribution is 2.23. The lowest BCUT2D eigenvalue weighted by atomic mass is 9.94. The highest BCUT2D eigenvalue weighted by molar-refractivity contribution is 6.30. The molecule has 0 spiro atoms. The van der Waals surface area contributed by atoms with Crippen molar-refractivity contribution >= 4 is 17.5 Å². The van der Waals surface area contributed by atoms with Gasteiger partial charge in [0, 0.05) is 5.02 Å². The summed E-state index contributed by atoms with van der Waals surface area (Å²) in [5.74, 6) is -5.36. The minimum atomic E-state index is -1.67. The Hall–Kier alpha value is -2.01. The van der Waals surface area contributed by atoms with Gasteiger partial charge in [0.25, 0.3) is 5.91 Å². The third-order valence-electron chi connectivity index (χ3n) is 3.27. The molecule has 0 aliphatic carbocycles. The van der Waals surface area contributed by atoms with Crippen LogP contribution in [0.4, 0.5) is 13.2 Å². The fourth-order valence-corrected chi connectivity index (χ4v) is 2.12. The van der Waals surface area contributed by atoms with Gasteiger partial charge in [-0.1, -0.05) is 23.7 Å². The SMILES string of the molecule is CC(C)(NC(=O)c1ccc(F)c(F)c1F)c1ccc(Cl)cc1. The first-order valence-corrected chi connectivity index (χ1v) is 6.82. The number of amides is 1. The topological polar surface area (TPSA) is 29.1 Å². The third kappa shape index (κ3) is 3.25. The van der Waals surface area contributed by atoms with Gasteiger partial charge in [-0.2, -0.15) is 0 Å². The van der Waals surface area contributed by atoms with Crippen molar-refractivity contribution in [2.75, 3.05) is 0 Å². The summed E-state index contributed by atoms with van der Waals surface area (Å²) in [6.45, 7) is 3.40. The maximum atomic E-state index is 13.7. The molecule has 0 heterocycles. The zero-order valence-corrected chi connectivity index (χ0v) is 12.6. The predicted molar refractivity (Wildman–Crippen MR) is 78.3 cm³/mol. The summed E-state index contributed by atoms with van der Waals surface area (Å²) in [7, 11) is 0. The Morgan fingerprint density at radius 3 is 2.18 bits per heavy atom. The van der Waals surface area contributed by atoms with Crippen molar-refractivity contribution in [2.24, 2.45) is 0 Å². The van der Waals surface area contributed by atoms with Gasteiger partial charge in [0.2, 0.25) is 0 Å². The summed E-state index contributed by atoms with van der Waals surface area (Å²) in [6.07, 6.45) is 0. The Morgan fingerprint density at radius 2 is 1.59 bits per heavy atom. The second kappa shape index (κ2) is 6.01.